The lowest BCUT2D eigenvalue weighted by Gasteiger charge is -2.32. The first-order valence-electron chi connectivity index (χ1n) is 10.2. The van der Waals surface area contributed by atoms with E-state index >= 15 is 0 Å². The van der Waals surface area contributed by atoms with Crippen LogP contribution in [-0.4, -0.2) is 57.3 Å². The van der Waals surface area contributed by atoms with Crippen molar-refractivity contribution in [2.24, 2.45) is 0 Å². The number of rotatable bonds is 5. The van der Waals surface area contributed by atoms with E-state index in [0.717, 1.165) is 36.8 Å². The number of nitrogens with zero attached hydrogens (tertiary/aromatic N) is 5. The second-order valence-electron chi connectivity index (χ2n) is 7.90. The molecule has 1 saturated heterocycles. The summed E-state index contributed by atoms with van der Waals surface area (Å²) >= 11 is 0. The maximum atomic E-state index is 13.0. The van der Waals surface area contributed by atoms with E-state index in [1.54, 1.807) is 18.3 Å². The van der Waals surface area contributed by atoms with Crippen LogP contribution >= 0.6 is 0 Å². The smallest absolute Gasteiger partial charge is 0.262 e. The van der Waals surface area contributed by atoms with Gasteiger partial charge in [0.2, 0.25) is 0 Å². The number of piperazine rings is 1. The molecule has 3 aromatic rings. The second-order valence-corrected chi connectivity index (χ2v) is 7.90. The Morgan fingerprint density at radius 1 is 1.30 bits per heavy atom. The number of fused-ring (bicyclic) bond motifs is 1. The van der Waals surface area contributed by atoms with Gasteiger partial charge < -0.3 is 24.7 Å². The molecular weight excluding hydrogens is 382 g/mol. The summed E-state index contributed by atoms with van der Waals surface area (Å²) in [6.45, 7) is 10.6. The molecule has 0 bridgehead atoms. The number of anilines is 2. The Balaban J connectivity index is 1.55. The minimum absolute atomic E-state index is 0.0736. The first-order chi connectivity index (χ1) is 14.4. The van der Waals surface area contributed by atoms with Gasteiger partial charge in [-0.15, -0.1) is 10.2 Å². The predicted molar refractivity (Wildman–Crippen MR) is 115 cm³/mol. The van der Waals surface area contributed by atoms with Gasteiger partial charge in [0.15, 0.2) is 11.6 Å². The lowest BCUT2D eigenvalue weighted by Crippen LogP contribution is -2.49. The average Bonchev–Trinajstić information content (AvgIpc) is 3.06. The minimum atomic E-state index is -0.309. The van der Waals surface area contributed by atoms with Crippen LogP contribution in [0, 0.1) is 6.92 Å². The van der Waals surface area contributed by atoms with Gasteiger partial charge in [-0.3, -0.25) is 4.79 Å². The number of carbonyl (C=O) groups is 1. The van der Waals surface area contributed by atoms with Crippen LogP contribution in [0.2, 0.25) is 0 Å². The molecule has 0 saturated carbocycles. The maximum absolute atomic E-state index is 13.0. The van der Waals surface area contributed by atoms with Gasteiger partial charge in [0.1, 0.15) is 11.4 Å². The van der Waals surface area contributed by atoms with Crippen LogP contribution in [0.15, 0.2) is 30.6 Å². The van der Waals surface area contributed by atoms with Crippen LogP contribution in [0.25, 0.3) is 5.65 Å². The molecule has 0 radical (unpaired) electrons. The molecule has 9 nitrogen and oxygen atoms in total. The predicted octanol–water partition coefficient (Wildman–Crippen LogP) is 2.27. The highest BCUT2D eigenvalue weighted by Crippen LogP contribution is 2.24. The third-order valence-electron chi connectivity index (χ3n) is 4.87. The van der Waals surface area contributed by atoms with Crippen LogP contribution in [0.4, 0.5) is 11.6 Å². The van der Waals surface area contributed by atoms with E-state index in [2.05, 4.69) is 37.6 Å². The Kier molecular flexibility index (Phi) is 5.54. The van der Waals surface area contributed by atoms with Crippen LogP contribution in [-0.2, 0) is 0 Å². The summed E-state index contributed by atoms with van der Waals surface area (Å²) in [5, 5.41) is 14.7. The zero-order valence-electron chi connectivity index (χ0n) is 17.7. The number of aromatic nitrogens is 4. The van der Waals surface area contributed by atoms with Crippen LogP contribution in [0.5, 0.6) is 5.75 Å². The molecule has 30 heavy (non-hydrogen) atoms. The van der Waals surface area contributed by atoms with Crippen molar-refractivity contribution >= 4 is 23.2 Å². The summed E-state index contributed by atoms with van der Waals surface area (Å²) in [7, 11) is 0. The third kappa shape index (κ3) is 4.35. The molecule has 1 atom stereocenters. The summed E-state index contributed by atoms with van der Waals surface area (Å²) in [5.74, 6) is 1.38. The molecule has 0 aliphatic carbocycles. The number of aryl methyl sites for hydroxylation is 1. The van der Waals surface area contributed by atoms with Gasteiger partial charge in [0.05, 0.1) is 17.4 Å². The van der Waals surface area contributed by atoms with E-state index in [1.807, 2.05) is 37.4 Å². The minimum Gasteiger partial charge on any atom is -0.490 e. The molecule has 1 unspecified atom stereocenters. The molecule has 0 spiro atoms. The number of ether oxygens (including phenoxy) is 1. The Bertz CT molecular complexity index is 1050. The van der Waals surface area contributed by atoms with E-state index in [9.17, 15) is 4.79 Å². The number of hydrogen-bond donors (Lipinski definition) is 2. The molecule has 158 valence electrons. The molecule has 9 heteroatoms. The van der Waals surface area contributed by atoms with E-state index < -0.39 is 0 Å². The monoisotopic (exact) mass is 409 g/mol. The topological polar surface area (TPSA) is 96.7 Å². The van der Waals surface area contributed by atoms with Crippen molar-refractivity contribution in [1.82, 2.24) is 24.9 Å². The van der Waals surface area contributed by atoms with E-state index in [0.29, 0.717) is 23.2 Å². The third-order valence-corrected chi connectivity index (χ3v) is 4.87. The molecule has 0 aromatic carbocycles. The van der Waals surface area contributed by atoms with Gasteiger partial charge in [-0.1, -0.05) is 0 Å². The van der Waals surface area contributed by atoms with Crippen molar-refractivity contribution in [3.63, 3.8) is 0 Å². The maximum Gasteiger partial charge on any atom is 0.262 e. The SMILES string of the molecule is Cc1cn2cc(C(=O)Nc3ccc(N4CCNC(C)C4)nn3)c(OC(C)C)cc2n1. The average molecular weight is 409 g/mol. The first kappa shape index (κ1) is 20.1. The molecule has 1 fully saturated rings. The molecule has 4 rings (SSSR count). The number of carbonyl (C=O) groups excluding carboxylic acids is 1. The quantitative estimate of drug-likeness (QED) is 0.667. The number of amides is 1. The van der Waals surface area contributed by atoms with Crippen molar-refractivity contribution < 1.29 is 9.53 Å². The fourth-order valence-corrected chi connectivity index (χ4v) is 3.55. The lowest BCUT2D eigenvalue weighted by molar-refractivity contribution is 0.102. The van der Waals surface area contributed by atoms with Gasteiger partial charge in [-0.05, 0) is 39.8 Å². The molecular formula is C21H27N7O2. The Morgan fingerprint density at radius 3 is 2.83 bits per heavy atom. The highest BCUT2D eigenvalue weighted by atomic mass is 16.5. The zero-order valence-corrected chi connectivity index (χ0v) is 17.7. The van der Waals surface area contributed by atoms with Gasteiger partial charge >= 0.3 is 0 Å². The van der Waals surface area contributed by atoms with Crippen molar-refractivity contribution in [2.45, 2.75) is 39.8 Å². The highest BCUT2D eigenvalue weighted by molar-refractivity contribution is 6.05. The largest absolute Gasteiger partial charge is 0.490 e. The number of nitrogens with one attached hydrogen (secondary N) is 2. The Morgan fingerprint density at radius 2 is 2.13 bits per heavy atom. The van der Waals surface area contributed by atoms with Crippen molar-refractivity contribution in [1.29, 1.82) is 0 Å². The van der Waals surface area contributed by atoms with E-state index in [-0.39, 0.29) is 12.0 Å². The van der Waals surface area contributed by atoms with Crippen molar-refractivity contribution in [3.8, 4) is 5.75 Å². The molecule has 2 N–H and O–H groups in total. The lowest BCUT2D eigenvalue weighted by atomic mass is 10.2. The number of pyridine rings is 1. The molecule has 1 aliphatic rings. The highest BCUT2D eigenvalue weighted by Gasteiger charge is 2.19. The molecule has 1 aliphatic heterocycles. The van der Waals surface area contributed by atoms with Crippen molar-refractivity contribution in [3.05, 3.63) is 41.9 Å². The van der Waals surface area contributed by atoms with Crippen LogP contribution in [0.3, 0.4) is 0 Å². The van der Waals surface area contributed by atoms with E-state index in [1.165, 1.54) is 0 Å². The fraction of sp³-hybridized carbons (Fsp3) is 0.429. The molecule has 1 amide bonds. The first-order valence-corrected chi connectivity index (χ1v) is 10.2. The van der Waals surface area contributed by atoms with Gasteiger partial charge in [-0.25, -0.2) is 4.98 Å². The van der Waals surface area contributed by atoms with E-state index in [4.69, 9.17) is 4.74 Å². The van der Waals surface area contributed by atoms with Gasteiger partial charge in [0, 0.05) is 44.1 Å². The summed E-state index contributed by atoms with van der Waals surface area (Å²) in [5.41, 5.74) is 2.01. The normalized spacial score (nSPS) is 16.8. The van der Waals surface area contributed by atoms with Crippen LogP contribution < -0.4 is 20.3 Å². The second kappa shape index (κ2) is 8.27. The Hall–Kier alpha value is -3.20. The summed E-state index contributed by atoms with van der Waals surface area (Å²) in [6.07, 6.45) is 3.52. The zero-order chi connectivity index (χ0) is 21.3. The number of imidazole rings is 1. The van der Waals surface area contributed by atoms with Gasteiger partial charge in [0.25, 0.3) is 5.91 Å². The summed E-state index contributed by atoms with van der Waals surface area (Å²) in [6, 6.07) is 5.84. The molecule has 3 aromatic heterocycles. The summed E-state index contributed by atoms with van der Waals surface area (Å²) < 4.78 is 7.68. The Labute approximate surface area is 175 Å². The van der Waals surface area contributed by atoms with Crippen molar-refractivity contribution in [2.75, 3.05) is 29.9 Å². The summed E-state index contributed by atoms with van der Waals surface area (Å²) in [4.78, 5) is 19.6. The van der Waals surface area contributed by atoms with Gasteiger partial charge in [-0.2, -0.15) is 0 Å². The standard InChI is InChI=1S/C21H27N7O2/c1-13(2)30-17-9-20-23-15(4)11-28(20)12-16(17)21(29)24-18-5-6-19(26-25-18)27-8-7-22-14(3)10-27/h5-6,9,11-14,22H,7-8,10H2,1-4H3,(H,24,25,29). The number of hydrogen-bond acceptors (Lipinski definition) is 7. The fourth-order valence-electron chi connectivity index (χ4n) is 3.55. The van der Waals surface area contributed by atoms with Crippen LogP contribution in [0.1, 0.15) is 36.8 Å². The molecule has 4 heterocycles.